The summed E-state index contributed by atoms with van der Waals surface area (Å²) in [6, 6.07) is 0. The minimum atomic E-state index is 0.687. The van der Waals surface area contributed by atoms with E-state index >= 15 is 0 Å². The van der Waals surface area contributed by atoms with Gasteiger partial charge in [0.2, 0.25) is 5.88 Å². The van der Waals surface area contributed by atoms with E-state index in [2.05, 4.69) is 16.9 Å². The monoisotopic (exact) mass is 252 g/mol. The van der Waals surface area contributed by atoms with Crippen molar-refractivity contribution in [2.75, 3.05) is 32.0 Å². The van der Waals surface area contributed by atoms with Crippen molar-refractivity contribution in [2.24, 2.45) is 7.05 Å². The van der Waals surface area contributed by atoms with E-state index in [0.717, 1.165) is 18.7 Å². The van der Waals surface area contributed by atoms with Gasteiger partial charge in [-0.15, -0.1) is 0 Å². The minimum Gasteiger partial charge on any atom is -0.475 e. The van der Waals surface area contributed by atoms with Crippen molar-refractivity contribution in [1.82, 2.24) is 14.7 Å². The predicted molar refractivity (Wildman–Crippen MR) is 72.8 cm³/mol. The van der Waals surface area contributed by atoms with Crippen LogP contribution < -0.4 is 10.5 Å². The van der Waals surface area contributed by atoms with Crippen LogP contribution in [0.25, 0.3) is 0 Å². The maximum Gasteiger partial charge on any atom is 0.235 e. The molecule has 0 saturated carbocycles. The summed E-state index contributed by atoms with van der Waals surface area (Å²) < 4.78 is 7.53. The van der Waals surface area contributed by atoms with E-state index in [9.17, 15) is 0 Å². The molecule has 0 atom stereocenters. The average Bonchev–Trinajstić information content (AvgIpc) is 2.67. The van der Waals surface area contributed by atoms with Crippen molar-refractivity contribution in [1.29, 1.82) is 0 Å². The van der Waals surface area contributed by atoms with Gasteiger partial charge in [-0.3, -0.25) is 4.90 Å². The molecule has 2 rings (SSSR count). The Morgan fingerprint density at radius 2 is 2.00 bits per heavy atom. The lowest BCUT2D eigenvalue weighted by Gasteiger charge is -2.26. The summed E-state index contributed by atoms with van der Waals surface area (Å²) in [7, 11) is 1.88. The molecule has 1 aliphatic heterocycles. The molecule has 0 aliphatic carbocycles. The van der Waals surface area contributed by atoms with Gasteiger partial charge in [0.25, 0.3) is 0 Å². The van der Waals surface area contributed by atoms with Crippen LogP contribution in [0.3, 0.4) is 0 Å². The number of hydrogen-bond acceptors (Lipinski definition) is 4. The molecule has 1 aromatic heterocycles. The van der Waals surface area contributed by atoms with E-state index < -0.39 is 0 Å². The van der Waals surface area contributed by atoms with Gasteiger partial charge in [0.1, 0.15) is 12.3 Å². The van der Waals surface area contributed by atoms with E-state index in [-0.39, 0.29) is 0 Å². The molecule has 0 spiro atoms. The molecule has 0 amide bonds. The number of nitrogen functional groups attached to an aromatic ring is 1. The zero-order chi connectivity index (χ0) is 13.0. The first-order valence-corrected chi connectivity index (χ1v) is 6.89. The van der Waals surface area contributed by atoms with Gasteiger partial charge in [-0.2, -0.15) is 5.10 Å². The minimum absolute atomic E-state index is 0.687. The van der Waals surface area contributed by atoms with E-state index in [0.29, 0.717) is 18.2 Å². The highest BCUT2D eigenvalue weighted by Gasteiger charge is 2.14. The van der Waals surface area contributed by atoms with Crippen LogP contribution in [0.15, 0.2) is 0 Å². The Hall–Kier alpha value is -1.23. The quantitative estimate of drug-likeness (QED) is 0.861. The third-order valence-electron chi connectivity index (χ3n) is 3.54. The zero-order valence-electron chi connectivity index (χ0n) is 11.5. The Kier molecular flexibility index (Phi) is 4.47. The van der Waals surface area contributed by atoms with E-state index in [1.165, 1.54) is 32.4 Å². The van der Waals surface area contributed by atoms with Crippen molar-refractivity contribution in [3.8, 4) is 5.88 Å². The number of aromatic nitrogens is 2. The fourth-order valence-corrected chi connectivity index (χ4v) is 2.46. The molecule has 1 saturated heterocycles. The second kappa shape index (κ2) is 6.09. The lowest BCUT2D eigenvalue weighted by atomic mass is 10.1. The number of nitrogens with two attached hydrogens (primary N) is 1. The van der Waals surface area contributed by atoms with Gasteiger partial charge in [0.15, 0.2) is 0 Å². The molecular formula is C13H24N4O. The van der Waals surface area contributed by atoms with Gasteiger partial charge >= 0.3 is 0 Å². The maximum atomic E-state index is 6.01. The van der Waals surface area contributed by atoms with Crippen LogP contribution in [0, 0.1) is 0 Å². The van der Waals surface area contributed by atoms with Gasteiger partial charge in [-0.25, -0.2) is 4.68 Å². The molecule has 1 fully saturated rings. The highest BCUT2D eigenvalue weighted by atomic mass is 16.5. The largest absolute Gasteiger partial charge is 0.475 e. The number of nitrogens with zero attached hydrogens (tertiary/aromatic N) is 3. The Labute approximate surface area is 109 Å². The molecule has 0 radical (unpaired) electrons. The molecule has 1 aliphatic rings. The molecular weight excluding hydrogens is 228 g/mol. The van der Waals surface area contributed by atoms with Crippen LogP contribution in [-0.4, -0.2) is 40.9 Å². The van der Waals surface area contributed by atoms with E-state index in [1.807, 2.05) is 7.05 Å². The summed E-state index contributed by atoms with van der Waals surface area (Å²) in [4.78, 5) is 2.46. The van der Waals surface area contributed by atoms with Crippen molar-refractivity contribution in [2.45, 2.75) is 32.6 Å². The molecule has 2 N–H and O–H groups in total. The Morgan fingerprint density at radius 1 is 1.28 bits per heavy atom. The topological polar surface area (TPSA) is 56.3 Å². The predicted octanol–water partition coefficient (Wildman–Crippen LogP) is 1.43. The fourth-order valence-electron chi connectivity index (χ4n) is 2.46. The highest BCUT2D eigenvalue weighted by molar-refractivity contribution is 5.53. The number of anilines is 1. The van der Waals surface area contributed by atoms with Gasteiger partial charge < -0.3 is 10.5 Å². The second-order valence-electron chi connectivity index (χ2n) is 4.89. The maximum absolute atomic E-state index is 6.01. The summed E-state index contributed by atoms with van der Waals surface area (Å²) >= 11 is 0. The van der Waals surface area contributed by atoms with Gasteiger partial charge in [-0.05, 0) is 32.4 Å². The van der Waals surface area contributed by atoms with Crippen LogP contribution in [0.2, 0.25) is 0 Å². The molecule has 18 heavy (non-hydrogen) atoms. The number of likely N-dealkylation sites (tertiary alicyclic amines) is 1. The van der Waals surface area contributed by atoms with Crippen molar-refractivity contribution in [3.63, 3.8) is 0 Å². The van der Waals surface area contributed by atoms with E-state index in [4.69, 9.17) is 10.5 Å². The Balaban J connectivity index is 1.84. The summed E-state index contributed by atoms with van der Waals surface area (Å²) in [6.45, 7) is 6.12. The fraction of sp³-hybridized carbons (Fsp3) is 0.769. The van der Waals surface area contributed by atoms with Crippen molar-refractivity contribution < 1.29 is 4.74 Å². The smallest absolute Gasteiger partial charge is 0.235 e. The third kappa shape index (κ3) is 2.96. The Morgan fingerprint density at radius 3 is 2.61 bits per heavy atom. The van der Waals surface area contributed by atoms with Crippen molar-refractivity contribution >= 4 is 5.69 Å². The van der Waals surface area contributed by atoms with E-state index in [1.54, 1.807) is 4.68 Å². The molecule has 0 aromatic carbocycles. The van der Waals surface area contributed by atoms with Crippen LogP contribution in [0.1, 0.15) is 31.9 Å². The van der Waals surface area contributed by atoms with Crippen molar-refractivity contribution in [3.05, 3.63) is 5.69 Å². The van der Waals surface area contributed by atoms with Gasteiger partial charge in [-0.1, -0.05) is 13.3 Å². The first kappa shape index (κ1) is 13.2. The molecule has 5 heteroatoms. The first-order chi connectivity index (χ1) is 8.72. The van der Waals surface area contributed by atoms with Crippen LogP contribution >= 0.6 is 0 Å². The lowest BCUT2D eigenvalue weighted by Crippen LogP contribution is -2.33. The normalized spacial score (nSPS) is 17.0. The van der Waals surface area contributed by atoms with Crippen LogP contribution in [0.5, 0.6) is 5.88 Å². The Bertz CT molecular complexity index is 383. The van der Waals surface area contributed by atoms with Gasteiger partial charge in [0.05, 0.1) is 5.69 Å². The molecule has 0 unspecified atom stereocenters. The molecule has 5 nitrogen and oxygen atoms in total. The number of piperidine rings is 1. The number of hydrogen-bond donors (Lipinski definition) is 1. The molecule has 102 valence electrons. The number of rotatable bonds is 5. The lowest BCUT2D eigenvalue weighted by molar-refractivity contribution is 0.178. The summed E-state index contributed by atoms with van der Waals surface area (Å²) in [5, 5.41) is 4.35. The number of ether oxygens (including phenoxy) is 1. The number of aryl methyl sites for hydroxylation is 2. The third-order valence-corrected chi connectivity index (χ3v) is 3.54. The SMILES string of the molecule is CCc1nn(C)c(OCCN2CCCCC2)c1N. The summed E-state index contributed by atoms with van der Waals surface area (Å²) in [5.74, 6) is 0.712. The molecule has 0 bridgehead atoms. The molecule has 1 aromatic rings. The second-order valence-corrected chi connectivity index (χ2v) is 4.89. The summed E-state index contributed by atoms with van der Waals surface area (Å²) in [5.41, 5.74) is 7.63. The van der Waals surface area contributed by atoms with Crippen LogP contribution in [0.4, 0.5) is 5.69 Å². The van der Waals surface area contributed by atoms with Gasteiger partial charge in [0, 0.05) is 13.6 Å². The first-order valence-electron chi connectivity index (χ1n) is 6.89. The molecule has 2 heterocycles. The standard InChI is InChI=1S/C13H24N4O/c1-3-11-12(14)13(16(2)15-11)18-10-9-17-7-5-4-6-8-17/h3-10,14H2,1-2H3. The summed E-state index contributed by atoms with van der Waals surface area (Å²) in [6.07, 6.45) is 4.84. The van der Waals surface area contributed by atoms with Crippen LogP contribution in [-0.2, 0) is 13.5 Å². The zero-order valence-corrected chi connectivity index (χ0v) is 11.5. The average molecular weight is 252 g/mol. The highest BCUT2D eigenvalue weighted by Crippen LogP contribution is 2.24.